The molecular weight excluding hydrogens is 261 g/mol. The zero-order valence-corrected chi connectivity index (χ0v) is 10.9. The Morgan fingerprint density at radius 1 is 1.20 bits per heavy atom. The van der Waals surface area contributed by atoms with Crippen molar-refractivity contribution in [2.75, 3.05) is 12.8 Å². The molecule has 5 heteroatoms. The topological polar surface area (TPSA) is 61.5 Å². The fourth-order valence-corrected chi connectivity index (χ4v) is 1.74. The van der Waals surface area contributed by atoms with Gasteiger partial charge in [0, 0.05) is 5.69 Å². The molecule has 0 bridgehead atoms. The van der Waals surface area contributed by atoms with Gasteiger partial charge in [0.1, 0.15) is 23.7 Å². The van der Waals surface area contributed by atoms with E-state index < -0.39 is 5.97 Å². The minimum Gasteiger partial charge on any atom is -0.496 e. The Labute approximate surface area is 115 Å². The predicted molar refractivity (Wildman–Crippen MR) is 72.9 cm³/mol. The second-order valence-electron chi connectivity index (χ2n) is 4.13. The molecule has 2 rings (SSSR count). The summed E-state index contributed by atoms with van der Waals surface area (Å²) in [6.45, 7) is 0.0383. The molecule has 104 valence electrons. The molecular formula is C15H14FNO3. The monoisotopic (exact) mass is 275 g/mol. The maximum Gasteiger partial charge on any atom is 0.344 e. The Kier molecular flexibility index (Phi) is 4.20. The number of anilines is 1. The van der Waals surface area contributed by atoms with Gasteiger partial charge in [0.25, 0.3) is 0 Å². The first kappa shape index (κ1) is 13.9. The second kappa shape index (κ2) is 6.06. The molecule has 0 aliphatic heterocycles. The third kappa shape index (κ3) is 3.06. The van der Waals surface area contributed by atoms with Gasteiger partial charge in [-0.25, -0.2) is 9.18 Å². The molecule has 0 radical (unpaired) electrons. The minimum atomic E-state index is -0.579. The van der Waals surface area contributed by atoms with Gasteiger partial charge in [0.05, 0.1) is 7.11 Å². The Hall–Kier alpha value is -2.56. The largest absolute Gasteiger partial charge is 0.496 e. The number of ether oxygens (including phenoxy) is 2. The Morgan fingerprint density at radius 3 is 2.55 bits per heavy atom. The Morgan fingerprint density at radius 2 is 1.90 bits per heavy atom. The van der Waals surface area contributed by atoms with Crippen molar-refractivity contribution in [3.63, 3.8) is 0 Å². The molecule has 0 atom stereocenters. The fraction of sp³-hybridized carbons (Fsp3) is 0.133. The van der Waals surface area contributed by atoms with Gasteiger partial charge in [-0.15, -0.1) is 0 Å². The Bertz CT molecular complexity index is 611. The third-order valence-corrected chi connectivity index (χ3v) is 2.77. The van der Waals surface area contributed by atoms with E-state index in [1.54, 1.807) is 30.3 Å². The fourth-order valence-electron chi connectivity index (χ4n) is 1.74. The number of esters is 1. The van der Waals surface area contributed by atoms with Gasteiger partial charge in [0.15, 0.2) is 0 Å². The maximum atomic E-state index is 12.8. The lowest BCUT2D eigenvalue weighted by Crippen LogP contribution is -2.10. The van der Waals surface area contributed by atoms with Gasteiger partial charge < -0.3 is 15.2 Å². The van der Waals surface area contributed by atoms with Crippen molar-refractivity contribution in [1.82, 2.24) is 0 Å². The van der Waals surface area contributed by atoms with Gasteiger partial charge in [-0.1, -0.05) is 18.2 Å². The molecule has 0 saturated heterocycles. The van der Waals surface area contributed by atoms with E-state index in [2.05, 4.69) is 0 Å². The van der Waals surface area contributed by atoms with Crippen LogP contribution in [0.25, 0.3) is 0 Å². The summed E-state index contributed by atoms with van der Waals surface area (Å²) in [6, 6.07) is 10.6. The summed E-state index contributed by atoms with van der Waals surface area (Å²) in [6.07, 6.45) is 0. The maximum absolute atomic E-state index is 12.8. The van der Waals surface area contributed by atoms with Gasteiger partial charge in [-0.05, 0) is 29.8 Å². The number of hydrogen-bond donors (Lipinski definition) is 1. The summed E-state index contributed by atoms with van der Waals surface area (Å²) in [5.41, 5.74) is 6.92. The number of nitrogens with two attached hydrogens (primary N) is 1. The average Bonchev–Trinajstić information content (AvgIpc) is 2.46. The molecule has 0 saturated carbocycles. The zero-order valence-electron chi connectivity index (χ0n) is 10.9. The first-order valence-electron chi connectivity index (χ1n) is 5.96. The number of methoxy groups -OCH3 is 1. The van der Waals surface area contributed by atoms with Crippen molar-refractivity contribution < 1.29 is 18.7 Å². The summed E-state index contributed by atoms with van der Waals surface area (Å²) in [7, 11) is 1.45. The highest BCUT2D eigenvalue weighted by Crippen LogP contribution is 2.25. The highest BCUT2D eigenvalue weighted by Gasteiger charge is 2.17. The molecule has 0 amide bonds. The molecule has 2 aromatic carbocycles. The van der Waals surface area contributed by atoms with Crippen molar-refractivity contribution in [2.24, 2.45) is 0 Å². The molecule has 2 aromatic rings. The van der Waals surface area contributed by atoms with Gasteiger partial charge in [-0.3, -0.25) is 0 Å². The lowest BCUT2D eigenvalue weighted by molar-refractivity contribution is 0.0470. The van der Waals surface area contributed by atoms with Crippen LogP contribution in [0.2, 0.25) is 0 Å². The van der Waals surface area contributed by atoms with Crippen LogP contribution >= 0.6 is 0 Å². The van der Waals surface area contributed by atoms with Crippen molar-refractivity contribution in [3.05, 3.63) is 59.4 Å². The zero-order chi connectivity index (χ0) is 14.5. The molecule has 0 heterocycles. The van der Waals surface area contributed by atoms with Crippen LogP contribution < -0.4 is 10.5 Å². The van der Waals surface area contributed by atoms with E-state index in [0.29, 0.717) is 11.3 Å². The third-order valence-electron chi connectivity index (χ3n) is 2.77. The van der Waals surface area contributed by atoms with Crippen molar-refractivity contribution >= 4 is 11.7 Å². The van der Waals surface area contributed by atoms with E-state index in [0.717, 1.165) is 0 Å². The highest BCUT2D eigenvalue weighted by atomic mass is 19.1. The summed E-state index contributed by atoms with van der Waals surface area (Å²) in [4.78, 5) is 12.0. The van der Waals surface area contributed by atoms with Crippen LogP contribution in [0.1, 0.15) is 15.9 Å². The van der Waals surface area contributed by atoms with Crippen LogP contribution in [0.4, 0.5) is 10.1 Å². The number of nitrogen functional groups attached to an aromatic ring is 1. The van der Waals surface area contributed by atoms with E-state index in [1.807, 2.05) is 0 Å². The van der Waals surface area contributed by atoms with E-state index in [4.69, 9.17) is 15.2 Å². The van der Waals surface area contributed by atoms with Gasteiger partial charge >= 0.3 is 5.97 Å². The standard InChI is InChI=1S/C15H14FNO3/c1-19-13-4-2-3-12(17)14(13)15(18)20-9-10-5-7-11(16)8-6-10/h2-8H,9,17H2,1H3. The number of hydrogen-bond acceptors (Lipinski definition) is 4. The van der Waals surface area contributed by atoms with Crippen LogP contribution in [0.15, 0.2) is 42.5 Å². The minimum absolute atomic E-state index is 0.0383. The molecule has 0 aliphatic carbocycles. The molecule has 0 fully saturated rings. The van der Waals surface area contributed by atoms with E-state index in [1.165, 1.54) is 19.2 Å². The SMILES string of the molecule is COc1cccc(N)c1C(=O)OCc1ccc(F)cc1. The molecule has 4 nitrogen and oxygen atoms in total. The molecule has 20 heavy (non-hydrogen) atoms. The first-order chi connectivity index (χ1) is 9.61. The summed E-state index contributed by atoms with van der Waals surface area (Å²) >= 11 is 0. The lowest BCUT2D eigenvalue weighted by atomic mass is 10.1. The Balaban J connectivity index is 2.11. The number of carbonyl (C=O) groups is 1. The van der Waals surface area contributed by atoms with Gasteiger partial charge in [0.2, 0.25) is 0 Å². The summed E-state index contributed by atoms with van der Waals surface area (Å²) < 4.78 is 23.0. The van der Waals surface area contributed by atoms with Crippen LogP contribution in [-0.4, -0.2) is 13.1 Å². The van der Waals surface area contributed by atoms with Crippen LogP contribution in [0.5, 0.6) is 5.75 Å². The molecule has 0 aliphatic rings. The van der Waals surface area contributed by atoms with Crippen molar-refractivity contribution in [3.8, 4) is 5.75 Å². The van der Waals surface area contributed by atoms with Crippen molar-refractivity contribution in [1.29, 1.82) is 0 Å². The normalized spacial score (nSPS) is 10.1. The predicted octanol–water partition coefficient (Wildman–Crippen LogP) is 2.77. The molecule has 2 N–H and O–H groups in total. The highest BCUT2D eigenvalue weighted by molar-refractivity contribution is 5.98. The van der Waals surface area contributed by atoms with Crippen molar-refractivity contribution in [2.45, 2.75) is 6.61 Å². The first-order valence-corrected chi connectivity index (χ1v) is 5.96. The second-order valence-corrected chi connectivity index (χ2v) is 4.13. The van der Waals surface area contributed by atoms with E-state index in [9.17, 15) is 9.18 Å². The number of carbonyl (C=O) groups excluding carboxylic acids is 1. The summed E-state index contributed by atoms with van der Waals surface area (Å²) in [5.74, 6) is -0.563. The number of rotatable bonds is 4. The molecule has 0 aromatic heterocycles. The lowest BCUT2D eigenvalue weighted by Gasteiger charge is -2.11. The molecule has 0 spiro atoms. The van der Waals surface area contributed by atoms with Crippen LogP contribution in [0, 0.1) is 5.82 Å². The number of halogens is 1. The van der Waals surface area contributed by atoms with E-state index in [-0.39, 0.29) is 23.7 Å². The van der Waals surface area contributed by atoms with Crippen LogP contribution in [0.3, 0.4) is 0 Å². The quantitative estimate of drug-likeness (QED) is 0.688. The smallest absolute Gasteiger partial charge is 0.344 e. The van der Waals surface area contributed by atoms with Gasteiger partial charge in [-0.2, -0.15) is 0 Å². The average molecular weight is 275 g/mol. The summed E-state index contributed by atoms with van der Waals surface area (Å²) in [5, 5.41) is 0. The molecule has 0 unspecified atom stereocenters. The number of benzene rings is 2. The van der Waals surface area contributed by atoms with E-state index >= 15 is 0 Å². The van der Waals surface area contributed by atoms with Crippen LogP contribution in [-0.2, 0) is 11.3 Å².